The van der Waals surface area contributed by atoms with Crippen LogP contribution in [-0.4, -0.2) is 34.5 Å². The first-order valence-electron chi connectivity index (χ1n) is 7.72. The van der Waals surface area contributed by atoms with Gasteiger partial charge in [0.05, 0.1) is 11.9 Å². The van der Waals surface area contributed by atoms with E-state index in [-0.39, 0.29) is 24.2 Å². The van der Waals surface area contributed by atoms with Crippen LogP contribution in [0.15, 0.2) is 12.4 Å². The number of aromatic nitrogens is 2. The van der Waals surface area contributed by atoms with Crippen LogP contribution in [0.1, 0.15) is 49.3 Å². The molecule has 0 saturated heterocycles. The first kappa shape index (κ1) is 16.4. The molecule has 120 valence electrons. The van der Waals surface area contributed by atoms with E-state index in [9.17, 15) is 9.59 Å². The van der Waals surface area contributed by atoms with Gasteiger partial charge in [-0.25, -0.2) is 9.78 Å². The van der Waals surface area contributed by atoms with E-state index < -0.39 is 5.97 Å². The Morgan fingerprint density at radius 1 is 1.27 bits per heavy atom. The minimum absolute atomic E-state index is 0.109. The van der Waals surface area contributed by atoms with Crippen molar-refractivity contribution in [3.8, 4) is 0 Å². The van der Waals surface area contributed by atoms with Crippen LogP contribution in [0, 0.1) is 18.8 Å². The third-order valence-electron chi connectivity index (χ3n) is 4.38. The summed E-state index contributed by atoms with van der Waals surface area (Å²) in [5.74, 6) is 0.146. The maximum absolute atomic E-state index is 11.9. The molecule has 1 N–H and O–H groups in total. The molecule has 3 atom stereocenters. The fraction of sp³-hybridized carbons (Fsp3) is 0.625. The second-order valence-electron chi connectivity index (χ2n) is 6.06. The summed E-state index contributed by atoms with van der Waals surface area (Å²) in [6.45, 7) is 5.86. The van der Waals surface area contributed by atoms with Gasteiger partial charge in [0.1, 0.15) is 0 Å². The van der Waals surface area contributed by atoms with Crippen LogP contribution in [-0.2, 0) is 9.53 Å². The van der Waals surface area contributed by atoms with Crippen LogP contribution in [0.5, 0.6) is 0 Å². The number of hydrogen-bond donors (Lipinski definition) is 1. The molecule has 1 aliphatic carbocycles. The first-order chi connectivity index (χ1) is 10.5. The van der Waals surface area contributed by atoms with Crippen molar-refractivity contribution in [2.45, 2.75) is 46.1 Å². The zero-order valence-corrected chi connectivity index (χ0v) is 13.3. The van der Waals surface area contributed by atoms with Crippen molar-refractivity contribution in [2.75, 3.05) is 6.61 Å². The van der Waals surface area contributed by atoms with Crippen molar-refractivity contribution in [2.24, 2.45) is 11.8 Å². The summed E-state index contributed by atoms with van der Waals surface area (Å²) in [5, 5.41) is 2.96. The molecule has 1 fully saturated rings. The number of ether oxygens (including phenoxy) is 1. The minimum atomic E-state index is -0.632. The standard InChI is InChI=1S/C16H23N3O3/c1-10-5-4-6-13(12(10)3)19-15(20)9-22-16(21)14-8-17-11(2)7-18-14/h7-8,10,12-13H,4-6,9H2,1-3H3,(H,19,20)/t10-,12-,13-/m0/s1. The Morgan fingerprint density at radius 3 is 2.73 bits per heavy atom. The van der Waals surface area contributed by atoms with Gasteiger partial charge in [0.2, 0.25) is 0 Å². The zero-order valence-electron chi connectivity index (χ0n) is 13.3. The van der Waals surface area contributed by atoms with Crippen molar-refractivity contribution in [1.29, 1.82) is 0 Å². The van der Waals surface area contributed by atoms with E-state index in [2.05, 4.69) is 29.1 Å². The topological polar surface area (TPSA) is 81.2 Å². The van der Waals surface area contributed by atoms with Crippen LogP contribution in [0.3, 0.4) is 0 Å². The maximum Gasteiger partial charge on any atom is 0.359 e. The zero-order chi connectivity index (χ0) is 16.1. The largest absolute Gasteiger partial charge is 0.451 e. The van der Waals surface area contributed by atoms with E-state index in [4.69, 9.17) is 4.74 Å². The summed E-state index contributed by atoms with van der Waals surface area (Å²) < 4.78 is 4.98. The number of nitrogens with zero attached hydrogens (tertiary/aromatic N) is 2. The van der Waals surface area contributed by atoms with E-state index in [1.165, 1.54) is 18.8 Å². The highest BCUT2D eigenvalue weighted by Gasteiger charge is 2.28. The molecule has 1 amide bonds. The maximum atomic E-state index is 11.9. The smallest absolute Gasteiger partial charge is 0.359 e. The van der Waals surface area contributed by atoms with E-state index >= 15 is 0 Å². The number of aryl methyl sites for hydroxylation is 1. The molecule has 1 aliphatic rings. The van der Waals surface area contributed by atoms with Gasteiger partial charge in [-0.2, -0.15) is 0 Å². The van der Waals surface area contributed by atoms with Gasteiger partial charge in [0, 0.05) is 12.2 Å². The summed E-state index contributed by atoms with van der Waals surface area (Å²) >= 11 is 0. The number of hydrogen-bond acceptors (Lipinski definition) is 5. The second kappa shape index (κ2) is 7.33. The summed E-state index contributed by atoms with van der Waals surface area (Å²) in [4.78, 5) is 31.6. The third kappa shape index (κ3) is 4.26. The average molecular weight is 305 g/mol. The number of esters is 1. The number of carbonyl (C=O) groups excluding carboxylic acids is 2. The molecule has 1 aromatic rings. The van der Waals surface area contributed by atoms with Crippen molar-refractivity contribution in [3.63, 3.8) is 0 Å². The van der Waals surface area contributed by atoms with Crippen molar-refractivity contribution < 1.29 is 14.3 Å². The number of rotatable bonds is 4. The van der Waals surface area contributed by atoms with Crippen molar-refractivity contribution in [3.05, 3.63) is 23.8 Å². The van der Waals surface area contributed by atoms with E-state index in [0.717, 1.165) is 18.5 Å². The Labute approximate surface area is 130 Å². The van der Waals surface area contributed by atoms with Crippen LogP contribution in [0.25, 0.3) is 0 Å². The Bertz CT molecular complexity index is 530. The van der Waals surface area contributed by atoms with Gasteiger partial charge in [0.25, 0.3) is 5.91 Å². The van der Waals surface area contributed by atoms with Crippen molar-refractivity contribution >= 4 is 11.9 Å². The second-order valence-corrected chi connectivity index (χ2v) is 6.06. The monoisotopic (exact) mass is 305 g/mol. The van der Waals surface area contributed by atoms with Gasteiger partial charge < -0.3 is 10.1 Å². The van der Waals surface area contributed by atoms with Gasteiger partial charge in [-0.1, -0.05) is 26.7 Å². The van der Waals surface area contributed by atoms with Crippen molar-refractivity contribution in [1.82, 2.24) is 15.3 Å². The lowest BCUT2D eigenvalue weighted by Crippen LogP contribution is -2.45. The normalized spacial score (nSPS) is 24.6. The van der Waals surface area contributed by atoms with Crippen LogP contribution in [0.4, 0.5) is 0 Å². The molecule has 2 rings (SSSR count). The molecule has 6 nitrogen and oxygen atoms in total. The summed E-state index contributed by atoms with van der Waals surface area (Å²) in [6, 6.07) is 0.161. The van der Waals surface area contributed by atoms with E-state index in [1.54, 1.807) is 6.92 Å². The quantitative estimate of drug-likeness (QED) is 0.859. The minimum Gasteiger partial charge on any atom is -0.451 e. The molecule has 1 saturated carbocycles. The van der Waals surface area contributed by atoms with Gasteiger partial charge in [0.15, 0.2) is 12.3 Å². The number of carbonyl (C=O) groups is 2. The predicted octanol–water partition coefficient (Wildman–Crippen LogP) is 1.88. The molecule has 1 heterocycles. The van der Waals surface area contributed by atoms with Crippen LogP contribution < -0.4 is 5.32 Å². The Hall–Kier alpha value is -1.98. The lowest BCUT2D eigenvalue weighted by molar-refractivity contribution is -0.125. The highest BCUT2D eigenvalue weighted by atomic mass is 16.5. The molecule has 22 heavy (non-hydrogen) atoms. The molecular formula is C16H23N3O3. The summed E-state index contributed by atoms with van der Waals surface area (Å²) in [5.41, 5.74) is 0.827. The highest BCUT2D eigenvalue weighted by molar-refractivity contribution is 5.89. The van der Waals surface area contributed by atoms with Crippen LogP contribution >= 0.6 is 0 Å². The van der Waals surface area contributed by atoms with Crippen LogP contribution in [0.2, 0.25) is 0 Å². The van der Waals surface area contributed by atoms with Gasteiger partial charge >= 0.3 is 5.97 Å². The number of nitrogens with one attached hydrogen (secondary N) is 1. The van der Waals surface area contributed by atoms with E-state index in [0.29, 0.717) is 11.8 Å². The Kier molecular flexibility index (Phi) is 5.46. The van der Waals surface area contributed by atoms with E-state index in [1.807, 2.05) is 0 Å². The Morgan fingerprint density at radius 2 is 2.05 bits per heavy atom. The number of amides is 1. The highest BCUT2D eigenvalue weighted by Crippen LogP contribution is 2.29. The molecule has 1 aromatic heterocycles. The lowest BCUT2D eigenvalue weighted by Gasteiger charge is -2.34. The predicted molar refractivity (Wildman–Crippen MR) is 81.2 cm³/mol. The summed E-state index contributed by atoms with van der Waals surface area (Å²) in [7, 11) is 0. The van der Waals surface area contributed by atoms with Gasteiger partial charge in [-0.05, 0) is 25.2 Å². The first-order valence-corrected chi connectivity index (χ1v) is 7.72. The lowest BCUT2D eigenvalue weighted by atomic mass is 9.78. The molecular weight excluding hydrogens is 282 g/mol. The molecule has 0 radical (unpaired) electrons. The molecule has 0 aromatic carbocycles. The molecule has 0 aliphatic heterocycles. The molecule has 6 heteroatoms. The van der Waals surface area contributed by atoms with Gasteiger partial charge in [-0.15, -0.1) is 0 Å². The fourth-order valence-electron chi connectivity index (χ4n) is 2.74. The molecule has 0 unspecified atom stereocenters. The molecule has 0 bridgehead atoms. The van der Waals surface area contributed by atoms with Gasteiger partial charge in [-0.3, -0.25) is 9.78 Å². The Balaban J connectivity index is 1.80. The summed E-state index contributed by atoms with van der Waals surface area (Å²) in [6.07, 6.45) is 6.14. The molecule has 0 spiro atoms. The fourth-order valence-corrected chi connectivity index (χ4v) is 2.74. The average Bonchev–Trinajstić information content (AvgIpc) is 2.50. The SMILES string of the molecule is Cc1cnc(C(=O)OCC(=O)N[C@H]2CCC[C@H](C)[C@@H]2C)cn1. The third-order valence-corrected chi connectivity index (χ3v) is 4.38.